The largest absolute Gasteiger partial charge is 0.481 e. The molecule has 0 radical (unpaired) electrons. The molecule has 3 rings (SSSR count). The van der Waals surface area contributed by atoms with Crippen LogP contribution in [0, 0.1) is 17.8 Å². The van der Waals surface area contributed by atoms with Crippen molar-refractivity contribution in [3.05, 3.63) is 71.7 Å². The van der Waals surface area contributed by atoms with Gasteiger partial charge in [-0.2, -0.15) is 13.2 Å². The van der Waals surface area contributed by atoms with Gasteiger partial charge in [0.05, 0.1) is 11.8 Å². The molecule has 1 aromatic heterocycles. The zero-order valence-corrected chi connectivity index (χ0v) is 17.2. The number of alkyl halides is 3. The van der Waals surface area contributed by atoms with Crippen molar-refractivity contribution in [1.29, 1.82) is 0 Å². The molecular formula is C24H24F3NO3. The number of halogens is 3. The monoisotopic (exact) mass is 431 g/mol. The van der Waals surface area contributed by atoms with E-state index >= 15 is 0 Å². The van der Waals surface area contributed by atoms with Gasteiger partial charge in [0.1, 0.15) is 11.8 Å². The highest BCUT2D eigenvalue weighted by Crippen LogP contribution is 2.41. The number of piperidine rings is 1. The Bertz CT molecular complexity index is 968. The van der Waals surface area contributed by atoms with Crippen LogP contribution in [0.25, 0.3) is 0 Å². The van der Waals surface area contributed by atoms with Crippen LogP contribution in [0.1, 0.15) is 55.2 Å². The summed E-state index contributed by atoms with van der Waals surface area (Å²) in [6.45, 7) is 6.15. The number of hydrogen-bond acceptors (Lipinski definition) is 3. The number of likely N-dealkylation sites (tertiary alicyclic amines) is 1. The van der Waals surface area contributed by atoms with Crippen LogP contribution in [0.2, 0.25) is 0 Å². The number of aliphatic carboxylic acids is 1. The Morgan fingerprint density at radius 2 is 2.03 bits per heavy atom. The van der Waals surface area contributed by atoms with E-state index in [4.69, 9.17) is 4.42 Å². The molecule has 1 fully saturated rings. The highest BCUT2D eigenvalue weighted by Gasteiger charge is 2.36. The molecule has 1 aromatic carbocycles. The minimum atomic E-state index is -4.42. The third-order valence-corrected chi connectivity index (χ3v) is 5.41. The first kappa shape index (κ1) is 22.7. The van der Waals surface area contributed by atoms with E-state index in [1.807, 2.05) is 6.07 Å². The van der Waals surface area contributed by atoms with Crippen molar-refractivity contribution < 1.29 is 27.5 Å². The number of carboxylic acids is 1. The van der Waals surface area contributed by atoms with E-state index in [0.717, 1.165) is 12.1 Å². The third kappa shape index (κ3) is 5.80. The molecule has 0 spiro atoms. The summed E-state index contributed by atoms with van der Waals surface area (Å²) in [4.78, 5) is 13.3. The highest BCUT2D eigenvalue weighted by molar-refractivity contribution is 5.67. The van der Waals surface area contributed by atoms with Crippen molar-refractivity contribution in [3.63, 3.8) is 0 Å². The lowest BCUT2D eigenvalue weighted by Gasteiger charge is -2.42. The van der Waals surface area contributed by atoms with E-state index in [2.05, 4.69) is 23.3 Å². The van der Waals surface area contributed by atoms with Crippen molar-refractivity contribution >= 4 is 5.97 Å². The van der Waals surface area contributed by atoms with Crippen LogP contribution < -0.4 is 0 Å². The number of nitrogens with zero attached hydrogens (tertiary/aromatic N) is 1. The topological polar surface area (TPSA) is 53.7 Å². The number of rotatable bonds is 5. The first-order valence-electron chi connectivity index (χ1n) is 10.00. The zero-order chi connectivity index (χ0) is 22.6. The summed E-state index contributed by atoms with van der Waals surface area (Å²) in [5, 5.41) is 9.23. The van der Waals surface area contributed by atoms with Gasteiger partial charge in [-0.1, -0.05) is 30.6 Å². The molecule has 1 aliphatic rings. The summed E-state index contributed by atoms with van der Waals surface area (Å²) in [6, 6.07) is 7.91. The van der Waals surface area contributed by atoms with Crippen molar-refractivity contribution in [3.8, 4) is 11.8 Å². The smallest absolute Gasteiger partial charge is 0.416 e. The molecule has 7 heteroatoms. The van der Waals surface area contributed by atoms with E-state index in [9.17, 15) is 23.1 Å². The maximum atomic E-state index is 13.0. The summed E-state index contributed by atoms with van der Waals surface area (Å²) in [7, 11) is 0. The van der Waals surface area contributed by atoms with E-state index in [0.29, 0.717) is 36.3 Å². The summed E-state index contributed by atoms with van der Waals surface area (Å²) in [5.41, 5.74) is 0.658. The Morgan fingerprint density at radius 1 is 1.32 bits per heavy atom. The third-order valence-electron chi connectivity index (χ3n) is 5.41. The summed E-state index contributed by atoms with van der Waals surface area (Å²) >= 11 is 0. The number of benzene rings is 1. The molecule has 0 amide bonds. The quantitative estimate of drug-likeness (QED) is 0.604. The SMILES string of the molecule is C=C(C)C#C[C@H](c1ccco1)N1CC[C@@H](CC(=O)O)C[C@H]1c1ccc(C(F)(F)F)cc1. The molecule has 0 bridgehead atoms. The van der Waals surface area contributed by atoms with Gasteiger partial charge in [-0.05, 0) is 61.1 Å². The molecule has 0 unspecified atom stereocenters. The Hall–Kier alpha value is -2.98. The van der Waals surface area contributed by atoms with Gasteiger partial charge >= 0.3 is 12.1 Å². The number of carbonyl (C=O) groups is 1. The Balaban J connectivity index is 1.99. The van der Waals surface area contributed by atoms with E-state index < -0.39 is 23.8 Å². The first-order valence-corrected chi connectivity index (χ1v) is 10.00. The summed E-state index contributed by atoms with van der Waals surface area (Å²) in [6.07, 6.45) is -1.69. The fraction of sp³-hybridized carbons (Fsp3) is 0.375. The lowest BCUT2D eigenvalue weighted by Crippen LogP contribution is -2.39. The molecule has 4 nitrogen and oxygen atoms in total. The van der Waals surface area contributed by atoms with E-state index in [-0.39, 0.29) is 18.4 Å². The first-order chi connectivity index (χ1) is 14.6. The van der Waals surface area contributed by atoms with Crippen molar-refractivity contribution in [2.45, 2.75) is 44.4 Å². The van der Waals surface area contributed by atoms with Gasteiger partial charge in [0.2, 0.25) is 0 Å². The van der Waals surface area contributed by atoms with Crippen LogP contribution in [0.15, 0.2) is 59.2 Å². The maximum Gasteiger partial charge on any atom is 0.416 e. The van der Waals surface area contributed by atoms with Gasteiger partial charge in [0.25, 0.3) is 0 Å². The van der Waals surface area contributed by atoms with Gasteiger partial charge in [-0.15, -0.1) is 0 Å². The Labute approximate surface area is 179 Å². The molecular weight excluding hydrogens is 407 g/mol. The number of allylic oxidation sites excluding steroid dienone is 1. The van der Waals surface area contributed by atoms with E-state index in [1.165, 1.54) is 12.1 Å². The molecule has 2 heterocycles. The molecule has 164 valence electrons. The molecule has 2 aromatic rings. The van der Waals surface area contributed by atoms with Gasteiger partial charge in [0, 0.05) is 19.0 Å². The molecule has 3 atom stereocenters. The minimum absolute atomic E-state index is 0.0217. The lowest BCUT2D eigenvalue weighted by molar-refractivity contribution is -0.139. The Morgan fingerprint density at radius 3 is 2.58 bits per heavy atom. The molecule has 31 heavy (non-hydrogen) atoms. The average Bonchev–Trinajstić information content (AvgIpc) is 3.22. The van der Waals surface area contributed by atoms with Gasteiger partial charge in [-0.25, -0.2) is 0 Å². The number of carboxylic acid groups (broad SMARTS) is 1. The number of hydrogen-bond donors (Lipinski definition) is 1. The molecule has 1 saturated heterocycles. The Kier molecular flexibility index (Phi) is 6.91. The fourth-order valence-corrected chi connectivity index (χ4v) is 3.98. The van der Waals surface area contributed by atoms with Gasteiger partial charge in [0.15, 0.2) is 0 Å². The molecule has 1 N–H and O–H groups in total. The second-order valence-corrected chi connectivity index (χ2v) is 7.83. The van der Waals surface area contributed by atoms with Gasteiger partial charge < -0.3 is 9.52 Å². The fourth-order valence-electron chi connectivity index (χ4n) is 3.98. The normalized spacial score (nSPS) is 20.5. The van der Waals surface area contributed by atoms with Crippen LogP contribution in [-0.2, 0) is 11.0 Å². The molecule has 0 saturated carbocycles. The van der Waals surface area contributed by atoms with Crippen LogP contribution >= 0.6 is 0 Å². The van der Waals surface area contributed by atoms with Crippen molar-refractivity contribution in [2.24, 2.45) is 5.92 Å². The maximum absolute atomic E-state index is 13.0. The zero-order valence-electron chi connectivity index (χ0n) is 17.2. The average molecular weight is 431 g/mol. The second-order valence-electron chi connectivity index (χ2n) is 7.83. The standard InChI is InChI=1S/C24H24F3NO3/c1-16(2)5-10-20(22-4-3-13-31-22)28-12-11-17(15-23(29)30)14-21(28)18-6-8-19(9-7-18)24(25,26)27/h3-4,6-9,13,17,20-21H,1,11-12,14-15H2,2H3,(H,29,30)/t17-,20-,21+/m1/s1. The van der Waals surface area contributed by atoms with Gasteiger partial charge in [-0.3, -0.25) is 9.69 Å². The van der Waals surface area contributed by atoms with Crippen LogP contribution in [-0.4, -0.2) is 22.5 Å². The van der Waals surface area contributed by atoms with Crippen molar-refractivity contribution in [2.75, 3.05) is 6.54 Å². The summed E-state index contributed by atoms with van der Waals surface area (Å²) < 4.78 is 44.7. The highest BCUT2D eigenvalue weighted by atomic mass is 19.4. The second kappa shape index (κ2) is 9.44. The van der Waals surface area contributed by atoms with Crippen molar-refractivity contribution in [1.82, 2.24) is 4.90 Å². The molecule has 1 aliphatic heterocycles. The molecule has 0 aliphatic carbocycles. The predicted octanol–water partition coefficient (Wildman–Crippen LogP) is 5.85. The summed E-state index contributed by atoms with van der Waals surface area (Å²) in [5.74, 6) is 5.83. The van der Waals surface area contributed by atoms with E-state index in [1.54, 1.807) is 19.3 Å². The number of furan rings is 1. The van der Waals surface area contributed by atoms with Crippen LogP contribution in [0.4, 0.5) is 13.2 Å². The van der Waals surface area contributed by atoms with Crippen LogP contribution in [0.5, 0.6) is 0 Å². The minimum Gasteiger partial charge on any atom is -0.481 e. The lowest BCUT2D eigenvalue weighted by atomic mass is 9.84. The predicted molar refractivity (Wildman–Crippen MR) is 110 cm³/mol. The van der Waals surface area contributed by atoms with Crippen LogP contribution in [0.3, 0.4) is 0 Å².